The monoisotopic (exact) mass is 834 g/mol. The number of alkyl halides is 3. The van der Waals surface area contributed by atoms with Crippen molar-refractivity contribution in [2.75, 3.05) is 35.3 Å². The average Bonchev–Trinajstić information content (AvgIpc) is 3.29. The molecule has 0 heterocycles. The molecule has 0 bridgehead atoms. The summed E-state index contributed by atoms with van der Waals surface area (Å²) in [6, 6.07) is 54.2. The summed E-state index contributed by atoms with van der Waals surface area (Å²) in [5, 5.41) is 6.61. The minimum atomic E-state index is -4.14. The molecule has 0 aliphatic heterocycles. The van der Waals surface area contributed by atoms with Crippen molar-refractivity contribution in [1.82, 2.24) is 4.72 Å². The Morgan fingerprint density at radius 2 is 1.02 bits per heavy atom. The third kappa shape index (κ3) is 12.8. The van der Waals surface area contributed by atoms with E-state index in [9.17, 15) is 13.2 Å². The van der Waals surface area contributed by atoms with Gasteiger partial charge in [0.25, 0.3) is 0 Å². The molecule has 7 rings (SSSR count). The Kier molecular flexibility index (Phi) is 19.4. The van der Waals surface area contributed by atoms with E-state index in [4.69, 9.17) is 0 Å². The highest BCUT2D eigenvalue weighted by Gasteiger charge is 2.27. The highest BCUT2D eigenvalue weighted by Crippen LogP contribution is 2.41. The maximum atomic E-state index is 11.0. The van der Waals surface area contributed by atoms with Crippen LogP contribution in [0.25, 0.3) is 10.8 Å². The second-order valence-electron chi connectivity index (χ2n) is 14.3. The number of nitrogens with zero attached hydrogens (tertiary/aromatic N) is 2. The number of benzene rings is 6. The first kappa shape index (κ1) is 47.8. The maximum absolute atomic E-state index is 11.0. The van der Waals surface area contributed by atoms with Crippen molar-refractivity contribution in [3.63, 3.8) is 0 Å². The average molecular weight is 835 g/mol. The molecule has 8 heteroatoms. The summed E-state index contributed by atoms with van der Waals surface area (Å²) in [6.45, 7) is 16.7. The van der Waals surface area contributed by atoms with E-state index in [2.05, 4.69) is 181 Å². The quantitative estimate of drug-likeness (QED) is 0.0947. The summed E-state index contributed by atoms with van der Waals surface area (Å²) in [4.78, 5) is 4.75. The van der Waals surface area contributed by atoms with E-state index in [-0.39, 0.29) is 17.9 Å². The molecule has 0 saturated heterocycles. The summed E-state index contributed by atoms with van der Waals surface area (Å²) in [5.41, 5.74) is 5.88. The minimum absolute atomic E-state index is 0.0780. The van der Waals surface area contributed by atoms with Crippen LogP contribution in [0.1, 0.15) is 96.8 Å². The lowest BCUT2D eigenvalue weighted by Crippen LogP contribution is -2.30. The Bertz CT molecular complexity index is 2000. The molecule has 6 aromatic rings. The van der Waals surface area contributed by atoms with Crippen LogP contribution in [0.2, 0.25) is 0 Å². The molecular weight excluding hydrogens is 770 g/mol. The van der Waals surface area contributed by atoms with E-state index in [1.54, 1.807) is 0 Å². The standard InChI is InChI=1S/C46H49N3.C2H4F3NS.2C2H6/c1-4-48(37-17-8-6-9-18-37)39-28-24-35(25-29-39)46(36-26-30-40(31-27-36)49(5-2)38-19-10-7-11-20-38)43-32-33-45(42-22-14-13-21-41(42)43)47-44-23-15-12-16-34(44)3;1-6-7-2(3,4)5;2*1-2/h6-11,13-14,17-22,24-34,44,46-47H,4-5,12,15-16,23H2,1-3H3;6H,1H3;2*1-2H3. The van der Waals surface area contributed by atoms with Gasteiger partial charge in [-0.15, -0.1) is 0 Å². The molecule has 2 unspecified atom stereocenters. The van der Waals surface area contributed by atoms with Crippen molar-refractivity contribution in [2.24, 2.45) is 5.92 Å². The zero-order valence-electron chi connectivity index (χ0n) is 36.8. The first-order valence-corrected chi connectivity index (χ1v) is 22.6. The first-order valence-electron chi connectivity index (χ1n) is 21.8. The largest absolute Gasteiger partial charge is 0.456 e. The Labute approximate surface area is 362 Å². The van der Waals surface area contributed by atoms with Crippen LogP contribution in [-0.2, 0) is 0 Å². The predicted molar refractivity (Wildman–Crippen MR) is 256 cm³/mol. The van der Waals surface area contributed by atoms with Gasteiger partial charge in [0.2, 0.25) is 0 Å². The van der Waals surface area contributed by atoms with Gasteiger partial charge in [0, 0.05) is 70.8 Å². The molecule has 1 aliphatic carbocycles. The summed E-state index contributed by atoms with van der Waals surface area (Å²) in [5.74, 6) is 0.767. The summed E-state index contributed by atoms with van der Waals surface area (Å²) < 4.78 is 34.8. The molecule has 1 saturated carbocycles. The predicted octanol–water partition coefficient (Wildman–Crippen LogP) is 15.8. The number of anilines is 5. The molecule has 0 amide bonds. The van der Waals surface area contributed by atoms with E-state index in [1.807, 2.05) is 32.4 Å². The fraction of sp³-hybridized carbons (Fsp3) is 0.346. The molecular formula is C52H65F3N4S. The van der Waals surface area contributed by atoms with Crippen LogP contribution in [0.4, 0.5) is 41.6 Å². The van der Waals surface area contributed by atoms with Crippen LogP contribution >= 0.6 is 11.9 Å². The van der Waals surface area contributed by atoms with E-state index in [0.717, 1.165) is 13.1 Å². The molecule has 60 heavy (non-hydrogen) atoms. The molecule has 4 nitrogen and oxygen atoms in total. The SMILES string of the molecule is CC.CC.CCN(c1ccccc1)c1ccc(C(c2ccc(N(CC)c3ccccc3)cc2)c2ccc(NC3CCCCC3C)c3ccccc23)cc1.CNSC(F)(F)F. The fourth-order valence-electron chi connectivity index (χ4n) is 8.04. The Morgan fingerprint density at radius 3 is 1.43 bits per heavy atom. The van der Waals surface area contributed by atoms with Gasteiger partial charge in [-0.1, -0.05) is 138 Å². The number of hydrogen-bond acceptors (Lipinski definition) is 5. The van der Waals surface area contributed by atoms with Crippen molar-refractivity contribution in [1.29, 1.82) is 0 Å². The number of nitrogens with one attached hydrogen (secondary N) is 2. The molecule has 0 spiro atoms. The normalized spacial score (nSPS) is 14.7. The lowest BCUT2D eigenvalue weighted by atomic mass is 9.82. The Hall–Kier alpha value is -4.92. The van der Waals surface area contributed by atoms with E-state index >= 15 is 0 Å². The second-order valence-corrected chi connectivity index (χ2v) is 15.4. The van der Waals surface area contributed by atoms with Gasteiger partial charge in [0.1, 0.15) is 0 Å². The lowest BCUT2D eigenvalue weighted by Gasteiger charge is -2.31. The Balaban J connectivity index is 0.000000649. The summed E-state index contributed by atoms with van der Waals surface area (Å²) in [7, 11) is 1.22. The second kappa shape index (κ2) is 24.4. The number of halogens is 3. The van der Waals surface area contributed by atoms with Crippen molar-refractivity contribution >= 4 is 51.2 Å². The smallest absolute Gasteiger partial charge is 0.382 e. The zero-order chi connectivity index (χ0) is 43.5. The van der Waals surface area contributed by atoms with Crippen LogP contribution in [0.5, 0.6) is 0 Å². The molecule has 1 aliphatic rings. The van der Waals surface area contributed by atoms with E-state index in [1.165, 1.54) is 88.6 Å². The van der Waals surface area contributed by atoms with Gasteiger partial charge in [-0.2, -0.15) is 13.2 Å². The lowest BCUT2D eigenvalue weighted by molar-refractivity contribution is -0.0334. The maximum Gasteiger partial charge on any atom is 0.456 e. The molecule has 0 aromatic heterocycles. The van der Waals surface area contributed by atoms with Gasteiger partial charge in [-0.05, 0) is 116 Å². The van der Waals surface area contributed by atoms with Crippen molar-refractivity contribution < 1.29 is 13.2 Å². The molecule has 2 N–H and O–H groups in total. The van der Waals surface area contributed by atoms with E-state index in [0.29, 0.717) is 12.0 Å². The zero-order valence-corrected chi connectivity index (χ0v) is 37.6. The molecule has 2 atom stereocenters. The molecule has 6 aromatic carbocycles. The summed E-state index contributed by atoms with van der Waals surface area (Å²) in [6.07, 6.45) is 5.21. The fourth-order valence-corrected chi connectivity index (χ4v) is 8.27. The van der Waals surface area contributed by atoms with Gasteiger partial charge < -0.3 is 15.1 Å². The van der Waals surface area contributed by atoms with Crippen LogP contribution in [0.15, 0.2) is 146 Å². The van der Waals surface area contributed by atoms with Gasteiger partial charge >= 0.3 is 5.51 Å². The van der Waals surface area contributed by atoms with Crippen molar-refractivity contribution in [3.05, 3.63) is 162 Å². The van der Waals surface area contributed by atoms with Crippen molar-refractivity contribution in [3.8, 4) is 0 Å². The van der Waals surface area contributed by atoms with Gasteiger partial charge in [0.05, 0.1) is 0 Å². The van der Waals surface area contributed by atoms with Gasteiger partial charge in [-0.3, -0.25) is 4.72 Å². The van der Waals surface area contributed by atoms with Crippen LogP contribution in [-0.4, -0.2) is 31.7 Å². The van der Waals surface area contributed by atoms with E-state index < -0.39 is 5.51 Å². The topological polar surface area (TPSA) is 30.5 Å². The van der Waals surface area contributed by atoms with Crippen LogP contribution < -0.4 is 19.8 Å². The van der Waals surface area contributed by atoms with Crippen LogP contribution in [0.3, 0.4) is 0 Å². The van der Waals surface area contributed by atoms with Crippen LogP contribution in [0, 0.1) is 5.92 Å². The number of rotatable bonds is 12. The molecule has 0 radical (unpaired) electrons. The highest BCUT2D eigenvalue weighted by atomic mass is 32.2. The number of fused-ring (bicyclic) bond motifs is 1. The highest BCUT2D eigenvalue weighted by molar-refractivity contribution is 7.98. The summed E-state index contributed by atoms with van der Waals surface area (Å²) >= 11 is -0.262. The van der Waals surface area contributed by atoms with Gasteiger partial charge in [0.15, 0.2) is 0 Å². The third-order valence-electron chi connectivity index (χ3n) is 10.8. The van der Waals surface area contributed by atoms with Crippen molar-refractivity contribution in [2.45, 2.75) is 91.6 Å². The third-order valence-corrected chi connectivity index (χ3v) is 11.2. The molecule has 320 valence electrons. The Morgan fingerprint density at radius 1 is 0.583 bits per heavy atom. The minimum Gasteiger partial charge on any atom is -0.382 e. The first-order chi connectivity index (χ1) is 29.2. The number of para-hydroxylation sites is 2. The number of hydrogen-bond donors (Lipinski definition) is 2. The van der Waals surface area contributed by atoms with Gasteiger partial charge in [-0.25, -0.2) is 0 Å². The molecule has 1 fully saturated rings.